The summed E-state index contributed by atoms with van der Waals surface area (Å²) in [5.41, 5.74) is 4.48. The molecule has 3 aromatic rings. The molecule has 1 aliphatic heterocycles. The van der Waals surface area contributed by atoms with E-state index in [4.69, 9.17) is 12.2 Å². The van der Waals surface area contributed by atoms with Crippen molar-refractivity contribution in [1.82, 2.24) is 15.0 Å². The average Bonchev–Trinajstić information content (AvgIpc) is 3.14. The number of aromatic nitrogens is 1. The lowest BCUT2D eigenvalue weighted by Crippen LogP contribution is -2.44. The van der Waals surface area contributed by atoms with Gasteiger partial charge in [0.1, 0.15) is 5.75 Å². The van der Waals surface area contributed by atoms with E-state index in [0.29, 0.717) is 4.91 Å². The minimum absolute atomic E-state index is 0.0644. The average molecular weight is 409 g/mol. The Labute approximate surface area is 170 Å². The van der Waals surface area contributed by atoms with Gasteiger partial charge in [-0.25, -0.2) is 0 Å². The summed E-state index contributed by atoms with van der Waals surface area (Å²) < 4.78 is 2.21. The van der Waals surface area contributed by atoms with Gasteiger partial charge in [-0.3, -0.25) is 15.0 Å². The third-order valence-electron chi connectivity index (χ3n) is 4.37. The van der Waals surface area contributed by atoms with Crippen molar-refractivity contribution >= 4 is 57.1 Å². The van der Waals surface area contributed by atoms with Crippen LogP contribution in [0.15, 0.2) is 59.6 Å². The van der Waals surface area contributed by atoms with Crippen LogP contribution in [0.25, 0.3) is 17.0 Å². The number of aryl methyl sites for hydroxylation is 1. The lowest BCUT2D eigenvalue weighted by molar-refractivity contribution is -0.123. The fourth-order valence-corrected chi connectivity index (χ4v) is 4.19. The molecule has 0 radical (unpaired) electrons. The summed E-state index contributed by atoms with van der Waals surface area (Å²) in [7, 11) is 1.94. The molecule has 28 heavy (non-hydrogen) atoms. The predicted molar refractivity (Wildman–Crippen MR) is 114 cm³/mol. The highest BCUT2D eigenvalue weighted by molar-refractivity contribution is 8.26. The molecule has 2 N–H and O–H groups in total. The van der Waals surface area contributed by atoms with Gasteiger partial charge in [-0.15, -0.1) is 0 Å². The molecular weight excluding hydrogens is 394 g/mol. The molecule has 0 aliphatic carbocycles. The summed E-state index contributed by atoms with van der Waals surface area (Å²) in [5.74, 6) is -1.19. The number of phenols is 1. The number of phenolic OH excluding ortho intramolecular Hbond substituents is 1. The number of thiocarbonyl (C=S) groups is 1. The zero-order valence-corrected chi connectivity index (χ0v) is 16.4. The normalized spacial score (nSPS) is 15.6. The van der Waals surface area contributed by atoms with Crippen molar-refractivity contribution in [2.75, 3.05) is 0 Å². The highest BCUT2D eigenvalue weighted by Crippen LogP contribution is 2.33. The van der Waals surface area contributed by atoms with Crippen LogP contribution in [0.2, 0.25) is 0 Å². The fourth-order valence-electron chi connectivity index (χ4n) is 3.02. The SMILES string of the molecule is Cn1cc(/C=C2\SC(=S)N(NC(=O)c3ccccc3O)C2=O)c2ccccc21. The Kier molecular flexibility index (Phi) is 4.66. The number of benzene rings is 2. The fraction of sp³-hybridized carbons (Fsp3) is 0.0500. The van der Waals surface area contributed by atoms with Gasteiger partial charge in [0.15, 0.2) is 4.32 Å². The molecule has 0 saturated carbocycles. The first kappa shape index (κ1) is 18.3. The second-order valence-electron chi connectivity index (χ2n) is 6.19. The van der Waals surface area contributed by atoms with Crippen LogP contribution in [0.1, 0.15) is 15.9 Å². The van der Waals surface area contributed by atoms with Crippen molar-refractivity contribution in [2.45, 2.75) is 0 Å². The molecular formula is C20H15N3O3S2. The van der Waals surface area contributed by atoms with E-state index in [2.05, 4.69) is 5.43 Å². The minimum Gasteiger partial charge on any atom is -0.507 e. The Balaban J connectivity index is 1.61. The Morgan fingerprint density at radius 3 is 2.68 bits per heavy atom. The number of carbonyl (C=O) groups is 2. The van der Waals surface area contributed by atoms with Crippen LogP contribution in [-0.4, -0.2) is 30.8 Å². The van der Waals surface area contributed by atoms with E-state index in [-0.39, 0.29) is 15.6 Å². The summed E-state index contributed by atoms with van der Waals surface area (Å²) in [4.78, 5) is 25.6. The molecule has 0 spiro atoms. The summed E-state index contributed by atoms with van der Waals surface area (Å²) in [6, 6.07) is 14.0. The predicted octanol–water partition coefficient (Wildman–Crippen LogP) is 3.43. The first-order chi connectivity index (χ1) is 13.5. The zero-order chi connectivity index (χ0) is 19.8. The van der Waals surface area contributed by atoms with Gasteiger partial charge in [-0.2, -0.15) is 5.01 Å². The number of hydrogen-bond donors (Lipinski definition) is 2. The molecule has 6 nitrogen and oxygen atoms in total. The van der Waals surface area contributed by atoms with Gasteiger partial charge >= 0.3 is 0 Å². The number of carbonyl (C=O) groups excluding carboxylic acids is 2. The largest absolute Gasteiger partial charge is 0.507 e. The number of hydrogen-bond acceptors (Lipinski definition) is 5. The third-order valence-corrected chi connectivity index (χ3v) is 5.67. The number of nitrogens with zero attached hydrogens (tertiary/aromatic N) is 2. The van der Waals surface area contributed by atoms with Gasteiger partial charge in [-0.05, 0) is 36.5 Å². The van der Waals surface area contributed by atoms with E-state index in [9.17, 15) is 14.7 Å². The molecule has 8 heteroatoms. The molecule has 1 saturated heterocycles. The van der Waals surface area contributed by atoms with Crippen LogP contribution in [0.5, 0.6) is 5.75 Å². The van der Waals surface area contributed by atoms with E-state index in [1.807, 2.05) is 42.1 Å². The van der Waals surface area contributed by atoms with Crippen molar-refractivity contribution in [3.63, 3.8) is 0 Å². The van der Waals surface area contributed by atoms with Gasteiger partial charge < -0.3 is 9.67 Å². The maximum Gasteiger partial charge on any atom is 0.285 e. The van der Waals surface area contributed by atoms with Crippen molar-refractivity contribution in [1.29, 1.82) is 0 Å². The third kappa shape index (κ3) is 3.17. The van der Waals surface area contributed by atoms with E-state index in [0.717, 1.165) is 33.2 Å². The van der Waals surface area contributed by atoms with E-state index in [1.165, 1.54) is 12.1 Å². The number of thioether (sulfide) groups is 1. The smallest absolute Gasteiger partial charge is 0.285 e. The first-order valence-electron chi connectivity index (χ1n) is 8.36. The highest BCUT2D eigenvalue weighted by Gasteiger charge is 2.34. The molecule has 2 amide bonds. The number of hydrazine groups is 1. The van der Waals surface area contributed by atoms with Crippen LogP contribution in [0, 0.1) is 0 Å². The van der Waals surface area contributed by atoms with Crippen LogP contribution >= 0.6 is 24.0 Å². The first-order valence-corrected chi connectivity index (χ1v) is 9.59. The number of fused-ring (bicyclic) bond motifs is 1. The van der Waals surface area contributed by atoms with Gasteiger partial charge in [0.2, 0.25) is 0 Å². The van der Waals surface area contributed by atoms with Gasteiger partial charge in [0, 0.05) is 29.7 Å². The van der Waals surface area contributed by atoms with E-state index >= 15 is 0 Å². The number of nitrogens with one attached hydrogen (secondary N) is 1. The topological polar surface area (TPSA) is 74.6 Å². The van der Waals surface area contributed by atoms with E-state index in [1.54, 1.807) is 18.2 Å². The van der Waals surface area contributed by atoms with Gasteiger partial charge in [0.05, 0.1) is 10.5 Å². The van der Waals surface area contributed by atoms with Crippen molar-refractivity contribution in [3.8, 4) is 5.75 Å². The molecule has 1 aliphatic rings. The Hall–Kier alpha value is -3.10. The molecule has 0 atom stereocenters. The number of para-hydroxylation sites is 2. The lowest BCUT2D eigenvalue weighted by Gasteiger charge is -2.16. The Bertz CT molecular complexity index is 1170. The second kappa shape index (κ2) is 7.14. The maximum atomic E-state index is 12.8. The minimum atomic E-state index is -0.610. The van der Waals surface area contributed by atoms with Crippen molar-refractivity contribution < 1.29 is 14.7 Å². The van der Waals surface area contributed by atoms with Gasteiger partial charge in [-0.1, -0.05) is 42.1 Å². The molecule has 1 aromatic heterocycles. The monoisotopic (exact) mass is 409 g/mol. The standard InChI is InChI=1S/C20H15N3O3S2/c1-22-11-12(13-6-2-4-8-15(13)22)10-17-19(26)23(20(27)28-17)21-18(25)14-7-3-5-9-16(14)24/h2-11,24H,1H3,(H,21,25)/b17-10-. The highest BCUT2D eigenvalue weighted by atomic mass is 32.2. The summed E-state index contributed by atoms with van der Waals surface area (Å²) in [5, 5.41) is 11.9. The quantitative estimate of drug-likeness (QED) is 0.512. The van der Waals surface area contributed by atoms with Crippen molar-refractivity contribution in [3.05, 3.63) is 70.8 Å². The molecule has 1 fully saturated rings. The Morgan fingerprint density at radius 1 is 1.18 bits per heavy atom. The number of amides is 2. The lowest BCUT2D eigenvalue weighted by atomic mass is 10.1. The van der Waals surface area contributed by atoms with Gasteiger partial charge in [0.25, 0.3) is 11.8 Å². The zero-order valence-electron chi connectivity index (χ0n) is 14.7. The summed E-state index contributed by atoms with van der Waals surface area (Å²) >= 11 is 6.38. The maximum absolute atomic E-state index is 12.8. The van der Waals surface area contributed by atoms with Crippen molar-refractivity contribution in [2.24, 2.45) is 7.05 Å². The summed E-state index contributed by atoms with van der Waals surface area (Å²) in [6.45, 7) is 0. The second-order valence-corrected chi connectivity index (χ2v) is 7.86. The molecule has 4 rings (SSSR count). The Morgan fingerprint density at radius 2 is 1.89 bits per heavy atom. The van der Waals surface area contributed by atoms with E-state index < -0.39 is 11.8 Å². The molecule has 0 unspecified atom stereocenters. The molecule has 2 aromatic carbocycles. The number of rotatable bonds is 3. The number of aromatic hydroxyl groups is 1. The van der Waals surface area contributed by atoms with Crippen LogP contribution in [0.4, 0.5) is 0 Å². The van der Waals surface area contributed by atoms with Crippen LogP contribution in [-0.2, 0) is 11.8 Å². The summed E-state index contributed by atoms with van der Waals surface area (Å²) in [6.07, 6.45) is 3.71. The molecule has 0 bridgehead atoms. The van der Waals surface area contributed by atoms with Crippen LogP contribution < -0.4 is 5.43 Å². The molecule has 140 valence electrons. The molecule has 2 heterocycles. The van der Waals surface area contributed by atoms with Crippen LogP contribution in [0.3, 0.4) is 0 Å².